The molecule has 1 aliphatic rings. The van der Waals surface area contributed by atoms with Crippen LogP contribution in [0.1, 0.15) is 16.8 Å². The Morgan fingerprint density at radius 1 is 1.35 bits per heavy atom. The van der Waals surface area contributed by atoms with Crippen molar-refractivity contribution in [2.75, 3.05) is 34.4 Å². The predicted octanol–water partition coefficient (Wildman–Crippen LogP) is 1.90. The lowest BCUT2D eigenvalue weighted by Gasteiger charge is -2.24. The van der Waals surface area contributed by atoms with Gasteiger partial charge >= 0.3 is 0 Å². The average molecular weight is 343 g/mol. The second kappa shape index (κ2) is 6.45. The van der Waals surface area contributed by atoms with E-state index in [1.807, 2.05) is 7.05 Å². The van der Waals surface area contributed by atoms with Gasteiger partial charge < -0.3 is 19.7 Å². The van der Waals surface area contributed by atoms with Crippen LogP contribution in [0.4, 0.5) is 0 Å². The summed E-state index contributed by atoms with van der Waals surface area (Å²) >= 11 is 3.40. The van der Waals surface area contributed by atoms with E-state index in [0.29, 0.717) is 21.5 Å². The van der Waals surface area contributed by atoms with Crippen LogP contribution in [0.3, 0.4) is 0 Å². The minimum atomic E-state index is -0.0252. The van der Waals surface area contributed by atoms with Crippen LogP contribution in [-0.4, -0.2) is 51.2 Å². The van der Waals surface area contributed by atoms with E-state index in [9.17, 15) is 4.79 Å². The van der Waals surface area contributed by atoms with Crippen molar-refractivity contribution in [1.82, 2.24) is 10.2 Å². The summed E-state index contributed by atoms with van der Waals surface area (Å²) in [6.07, 6.45) is 0.979. The topological polar surface area (TPSA) is 50.8 Å². The van der Waals surface area contributed by atoms with Crippen molar-refractivity contribution in [3.63, 3.8) is 0 Å². The summed E-state index contributed by atoms with van der Waals surface area (Å²) in [6.45, 7) is 1.79. The summed E-state index contributed by atoms with van der Waals surface area (Å²) in [5.41, 5.74) is 0.566. The molecule has 1 N–H and O–H groups in total. The monoisotopic (exact) mass is 342 g/mol. The highest BCUT2D eigenvalue weighted by Crippen LogP contribution is 2.36. The first kappa shape index (κ1) is 15.1. The Morgan fingerprint density at radius 3 is 2.40 bits per heavy atom. The highest BCUT2D eigenvalue weighted by atomic mass is 79.9. The lowest BCUT2D eigenvalue weighted by molar-refractivity contribution is 0.0743. The second-order valence-electron chi connectivity index (χ2n) is 4.76. The molecule has 1 amide bonds. The molecule has 1 aliphatic heterocycles. The number of hydrogen-bond donors (Lipinski definition) is 1. The van der Waals surface area contributed by atoms with Crippen LogP contribution < -0.4 is 14.8 Å². The largest absolute Gasteiger partial charge is 0.495 e. The molecule has 0 bridgehead atoms. The van der Waals surface area contributed by atoms with Gasteiger partial charge in [-0.15, -0.1) is 0 Å². The van der Waals surface area contributed by atoms with E-state index in [2.05, 4.69) is 21.2 Å². The van der Waals surface area contributed by atoms with E-state index in [-0.39, 0.29) is 11.9 Å². The number of hydrogen-bond acceptors (Lipinski definition) is 4. The van der Waals surface area contributed by atoms with E-state index < -0.39 is 0 Å². The third-order valence-corrected chi connectivity index (χ3v) is 4.38. The molecule has 1 fully saturated rings. The van der Waals surface area contributed by atoms with E-state index in [4.69, 9.17) is 9.47 Å². The van der Waals surface area contributed by atoms with E-state index in [0.717, 1.165) is 19.5 Å². The van der Waals surface area contributed by atoms with Gasteiger partial charge in [0.1, 0.15) is 16.0 Å². The van der Waals surface area contributed by atoms with Gasteiger partial charge in [0, 0.05) is 25.2 Å². The minimum Gasteiger partial charge on any atom is -0.495 e. The van der Waals surface area contributed by atoms with Gasteiger partial charge in [-0.1, -0.05) is 0 Å². The predicted molar refractivity (Wildman–Crippen MR) is 80.6 cm³/mol. The van der Waals surface area contributed by atoms with Gasteiger partial charge in [0.05, 0.1) is 14.2 Å². The molecule has 1 heterocycles. The number of nitrogens with zero attached hydrogens (tertiary/aromatic N) is 1. The van der Waals surface area contributed by atoms with E-state index in [1.54, 1.807) is 31.3 Å². The third kappa shape index (κ3) is 2.91. The van der Waals surface area contributed by atoms with Crippen molar-refractivity contribution < 1.29 is 14.3 Å². The van der Waals surface area contributed by atoms with Gasteiger partial charge in [0.15, 0.2) is 0 Å². The smallest absolute Gasteiger partial charge is 0.254 e. The zero-order chi connectivity index (χ0) is 14.7. The minimum absolute atomic E-state index is 0.0252. The molecular weight excluding hydrogens is 324 g/mol. The molecule has 2 rings (SSSR count). The van der Waals surface area contributed by atoms with Gasteiger partial charge in [-0.3, -0.25) is 4.79 Å². The van der Waals surface area contributed by atoms with Gasteiger partial charge in [0.2, 0.25) is 0 Å². The van der Waals surface area contributed by atoms with Crippen molar-refractivity contribution >= 4 is 21.8 Å². The Hall–Kier alpha value is -1.27. The normalized spacial score (nSPS) is 17.9. The Labute approximate surface area is 127 Å². The fourth-order valence-corrected chi connectivity index (χ4v) is 2.88. The maximum absolute atomic E-state index is 12.6. The molecule has 0 aliphatic carbocycles. The summed E-state index contributed by atoms with van der Waals surface area (Å²) < 4.78 is 11.3. The summed E-state index contributed by atoms with van der Waals surface area (Å²) in [5.74, 6) is 1.15. The number of likely N-dealkylation sites (N-methyl/N-ethyl adjacent to an activating group) is 1. The molecule has 0 aromatic heterocycles. The fraction of sp³-hybridized carbons (Fsp3) is 0.500. The number of nitrogens with one attached hydrogen (secondary N) is 1. The van der Waals surface area contributed by atoms with E-state index in [1.165, 1.54) is 0 Å². The standard InChI is InChI=1S/C14H19BrN2O3/c1-17(10-4-5-16-8-10)14(18)9-6-11(19-2)13(15)12(7-9)20-3/h6-7,10,16H,4-5,8H2,1-3H3/t10-/m0/s1. The molecule has 1 aromatic rings. The van der Waals surface area contributed by atoms with Crippen molar-refractivity contribution in [2.45, 2.75) is 12.5 Å². The summed E-state index contributed by atoms with van der Waals surface area (Å²) in [4.78, 5) is 14.3. The number of methoxy groups -OCH3 is 2. The molecule has 1 atom stereocenters. The molecule has 1 saturated heterocycles. The maximum atomic E-state index is 12.6. The number of benzene rings is 1. The number of rotatable bonds is 4. The molecule has 110 valence electrons. The molecule has 0 saturated carbocycles. The number of ether oxygens (including phenoxy) is 2. The Morgan fingerprint density at radius 2 is 1.95 bits per heavy atom. The first-order chi connectivity index (χ1) is 9.58. The molecule has 20 heavy (non-hydrogen) atoms. The number of carbonyl (C=O) groups excluding carboxylic acids is 1. The highest BCUT2D eigenvalue weighted by molar-refractivity contribution is 9.10. The van der Waals surface area contributed by atoms with Crippen molar-refractivity contribution in [3.05, 3.63) is 22.2 Å². The zero-order valence-electron chi connectivity index (χ0n) is 11.9. The maximum Gasteiger partial charge on any atom is 0.254 e. The Bertz CT molecular complexity index is 476. The third-order valence-electron chi connectivity index (χ3n) is 3.59. The van der Waals surface area contributed by atoms with Crippen molar-refractivity contribution in [3.8, 4) is 11.5 Å². The highest BCUT2D eigenvalue weighted by Gasteiger charge is 2.25. The van der Waals surface area contributed by atoms with Crippen LogP contribution in [0, 0.1) is 0 Å². The van der Waals surface area contributed by atoms with E-state index >= 15 is 0 Å². The molecule has 1 aromatic carbocycles. The molecule has 5 nitrogen and oxygen atoms in total. The molecule has 0 unspecified atom stereocenters. The second-order valence-corrected chi connectivity index (χ2v) is 5.55. The van der Waals surface area contributed by atoms with Crippen LogP contribution in [0.25, 0.3) is 0 Å². The summed E-state index contributed by atoms with van der Waals surface area (Å²) in [7, 11) is 4.97. The van der Waals surface area contributed by atoms with Gasteiger partial charge in [-0.2, -0.15) is 0 Å². The van der Waals surface area contributed by atoms with Gasteiger partial charge in [-0.25, -0.2) is 0 Å². The SMILES string of the molecule is COc1cc(C(=O)N(C)[C@H]2CCNC2)cc(OC)c1Br. The molecule has 6 heteroatoms. The summed E-state index contributed by atoms with van der Waals surface area (Å²) in [6, 6.07) is 3.70. The Balaban J connectivity index is 2.29. The number of carbonyl (C=O) groups is 1. The zero-order valence-corrected chi connectivity index (χ0v) is 13.5. The van der Waals surface area contributed by atoms with Crippen LogP contribution in [0.15, 0.2) is 16.6 Å². The molecule has 0 radical (unpaired) electrons. The van der Waals surface area contributed by atoms with Crippen molar-refractivity contribution in [1.29, 1.82) is 0 Å². The quantitative estimate of drug-likeness (QED) is 0.907. The van der Waals surface area contributed by atoms with Crippen LogP contribution in [-0.2, 0) is 0 Å². The molecule has 0 spiro atoms. The first-order valence-electron chi connectivity index (χ1n) is 6.48. The van der Waals surface area contributed by atoms with Gasteiger partial charge in [-0.05, 0) is 41.0 Å². The first-order valence-corrected chi connectivity index (χ1v) is 7.27. The summed E-state index contributed by atoms with van der Waals surface area (Å²) in [5, 5.41) is 3.26. The fourth-order valence-electron chi connectivity index (χ4n) is 2.33. The van der Waals surface area contributed by atoms with Crippen LogP contribution >= 0.6 is 15.9 Å². The average Bonchev–Trinajstić information content (AvgIpc) is 3.00. The molecular formula is C14H19BrN2O3. The van der Waals surface area contributed by atoms with Crippen molar-refractivity contribution in [2.24, 2.45) is 0 Å². The lowest BCUT2D eigenvalue weighted by atomic mass is 10.1. The van der Waals surface area contributed by atoms with Crippen LogP contribution in [0.2, 0.25) is 0 Å². The lowest BCUT2D eigenvalue weighted by Crippen LogP contribution is -2.38. The number of halogens is 1. The van der Waals surface area contributed by atoms with Crippen LogP contribution in [0.5, 0.6) is 11.5 Å². The number of amides is 1. The van der Waals surface area contributed by atoms with Gasteiger partial charge in [0.25, 0.3) is 5.91 Å². The Kier molecular flexibility index (Phi) is 4.88.